The average Bonchev–Trinajstić information content (AvgIpc) is 2.80. The van der Waals surface area contributed by atoms with E-state index in [9.17, 15) is 4.79 Å². The monoisotopic (exact) mass is 291 g/mol. The van der Waals surface area contributed by atoms with Gasteiger partial charge in [-0.2, -0.15) is 0 Å². The van der Waals surface area contributed by atoms with Crippen molar-refractivity contribution >= 4 is 17.5 Å². The third kappa shape index (κ3) is 2.16. The summed E-state index contributed by atoms with van der Waals surface area (Å²) in [6.07, 6.45) is 3.04. The first-order chi connectivity index (χ1) is 9.56. The summed E-state index contributed by atoms with van der Waals surface area (Å²) in [4.78, 5) is 18.2. The number of hydrogen-bond donors (Lipinski definition) is 0. The Kier molecular flexibility index (Phi) is 3.17. The minimum absolute atomic E-state index is 0.0845. The highest BCUT2D eigenvalue weighted by Crippen LogP contribution is 2.22. The fourth-order valence-corrected chi connectivity index (χ4v) is 2.77. The van der Waals surface area contributed by atoms with E-state index in [4.69, 9.17) is 11.6 Å². The van der Waals surface area contributed by atoms with Gasteiger partial charge in [0.15, 0.2) is 5.82 Å². The molecule has 0 saturated heterocycles. The molecule has 0 N–H and O–H groups in total. The van der Waals surface area contributed by atoms with Gasteiger partial charge in [0.1, 0.15) is 5.82 Å². The van der Waals surface area contributed by atoms with Crippen LogP contribution < -0.4 is 0 Å². The van der Waals surface area contributed by atoms with E-state index >= 15 is 0 Å². The van der Waals surface area contributed by atoms with E-state index < -0.39 is 0 Å². The predicted molar refractivity (Wildman–Crippen MR) is 73.5 cm³/mol. The van der Waals surface area contributed by atoms with Gasteiger partial charge in [0.25, 0.3) is 5.91 Å². The average molecular weight is 292 g/mol. The van der Waals surface area contributed by atoms with Crippen molar-refractivity contribution in [3.05, 3.63) is 40.7 Å². The van der Waals surface area contributed by atoms with Crippen LogP contribution in [0.2, 0.25) is 5.02 Å². The number of aromatic nitrogens is 4. The third-order valence-electron chi connectivity index (χ3n) is 3.43. The first kappa shape index (κ1) is 13.1. The number of nitrogens with zero attached hydrogens (tertiary/aromatic N) is 5. The quantitative estimate of drug-likeness (QED) is 0.804. The van der Waals surface area contributed by atoms with E-state index in [0.717, 1.165) is 11.6 Å². The molecule has 20 heavy (non-hydrogen) atoms. The fourth-order valence-electron chi connectivity index (χ4n) is 2.60. The van der Waals surface area contributed by atoms with Crippen LogP contribution in [0, 0.1) is 6.92 Å². The molecule has 3 heterocycles. The standard InChI is InChI=1S/C13H14ClN5O/c1-8-6-18(7-12-17-16-9(2)19(8)12)13(20)10-3-11(14)5-15-4-10/h3-5,8H,6-7H2,1-2H3/t8-/m1/s1. The van der Waals surface area contributed by atoms with E-state index in [1.165, 1.54) is 12.4 Å². The van der Waals surface area contributed by atoms with E-state index in [-0.39, 0.29) is 11.9 Å². The van der Waals surface area contributed by atoms with Gasteiger partial charge >= 0.3 is 0 Å². The Morgan fingerprint density at radius 2 is 2.20 bits per heavy atom. The Morgan fingerprint density at radius 3 is 2.95 bits per heavy atom. The van der Waals surface area contributed by atoms with Gasteiger partial charge in [-0.15, -0.1) is 10.2 Å². The molecule has 6 nitrogen and oxygen atoms in total. The van der Waals surface area contributed by atoms with Crippen LogP contribution >= 0.6 is 11.6 Å². The van der Waals surface area contributed by atoms with Gasteiger partial charge in [-0.25, -0.2) is 0 Å². The predicted octanol–water partition coefficient (Wildman–Crippen LogP) is 1.85. The smallest absolute Gasteiger partial charge is 0.255 e. The lowest BCUT2D eigenvalue weighted by atomic mass is 10.2. The van der Waals surface area contributed by atoms with Crippen LogP contribution in [0.15, 0.2) is 18.5 Å². The molecule has 104 valence electrons. The van der Waals surface area contributed by atoms with Crippen molar-refractivity contribution < 1.29 is 4.79 Å². The van der Waals surface area contributed by atoms with Gasteiger partial charge in [0, 0.05) is 18.9 Å². The minimum Gasteiger partial charge on any atom is -0.329 e. The molecule has 0 bridgehead atoms. The molecule has 3 rings (SSSR count). The third-order valence-corrected chi connectivity index (χ3v) is 3.64. The molecule has 1 atom stereocenters. The van der Waals surface area contributed by atoms with Crippen LogP contribution in [0.25, 0.3) is 0 Å². The maximum atomic E-state index is 12.5. The second-order valence-corrected chi connectivity index (χ2v) is 5.40. The van der Waals surface area contributed by atoms with Crippen LogP contribution in [0.3, 0.4) is 0 Å². The molecule has 2 aromatic rings. The summed E-state index contributed by atoms with van der Waals surface area (Å²) in [7, 11) is 0. The van der Waals surface area contributed by atoms with Crippen molar-refractivity contribution in [2.75, 3.05) is 6.54 Å². The van der Waals surface area contributed by atoms with Crippen LogP contribution in [0.1, 0.15) is 35.0 Å². The second-order valence-electron chi connectivity index (χ2n) is 4.96. The zero-order valence-electron chi connectivity index (χ0n) is 11.2. The number of halogens is 1. The normalized spacial score (nSPS) is 17.9. The number of rotatable bonds is 1. The topological polar surface area (TPSA) is 63.9 Å². The first-order valence-electron chi connectivity index (χ1n) is 6.36. The highest BCUT2D eigenvalue weighted by Gasteiger charge is 2.28. The van der Waals surface area contributed by atoms with Crippen molar-refractivity contribution in [2.45, 2.75) is 26.4 Å². The number of aryl methyl sites for hydroxylation is 1. The summed E-state index contributed by atoms with van der Waals surface area (Å²) in [5.41, 5.74) is 0.495. The number of hydrogen-bond acceptors (Lipinski definition) is 4. The molecule has 1 aliphatic rings. The highest BCUT2D eigenvalue weighted by atomic mass is 35.5. The van der Waals surface area contributed by atoms with Crippen molar-refractivity contribution in [1.29, 1.82) is 0 Å². The first-order valence-corrected chi connectivity index (χ1v) is 6.74. The molecule has 0 spiro atoms. The van der Waals surface area contributed by atoms with Crippen molar-refractivity contribution in [2.24, 2.45) is 0 Å². The van der Waals surface area contributed by atoms with Crippen LogP contribution in [0.4, 0.5) is 0 Å². The Morgan fingerprint density at radius 1 is 1.40 bits per heavy atom. The van der Waals surface area contributed by atoms with Gasteiger partial charge in [0.2, 0.25) is 0 Å². The van der Waals surface area contributed by atoms with Gasteiger partial charge in [-0.3, -0.25) is 9.78 Å². The molecule has 0 radical (unpaired) electrons. The Bertz CT molecular complexity index is 669. The number of carbonyl (C=O) groups excluding carboxylic acids is 1. The van der Waals surface area contributed by atoms with Crippen molar-refractivity contribution in [3.8, 4) is 0 Å². The molecule has 1 aliphatic heterocycles. The lowest BCUT2D eigenvalue weighted by molar-refractivity contribution is 0.0679. The van der Waals surface area contributed by atoms with Gasteiger partial charge in [-0.1, -0.05) is 11.6 Å². The van der Waals surface area contributed by atoms with Crippen LogP contribution in [0.5, 0.6) is 0 Å². The molecule has 0 unspecified atom stereocenters. The summed E-state index contributed by atoms with van der Waals surface area (Å²) in [6, 6.07) is 1.79. The Balaban J connectivity index is 1.88. The van der Waals surface area contributed by atoms with E-state index in [0.29, 0.717) is 23.7 Å². The Hall–Kier alpha value is -1.95. The second kappa shape index (κ2) is 4.86. The lowest BCUT2D eigenvalue weighted by Crippen LogP contribution is -2.40. The molecule has 7 heteroatoms. The van der Waals surface area contributed by atoms with Gasteiger partial charge in [0.05, 0.1) is 23.2 Å². The molecule has 0 fully saturated rings. The van der Waals surface area contributed by atoms with E-state index in [1.807, 2.05) is 6.92 Å². The Labute approximate surface area is 121 Å². The molecule has 2 aromatic heterocycles. The number of fused-ring (bicyclic) bond motifs is 1. The van der Waals surface area contributed by atoms with Crippen LogP contribution in [-0.4, -0.2) is 37.1 Å². The molecule has 0 saturated carbocycles. The molecule has 1 amide bonds. The summed E-state index contributed by atoms with van der Waals surface area (Å²) >= 11 is 5.88. The number of amides is 1. The minimum atomic E-state index is -0.0845. The maximum Gasteiger partial charge on any atom is 0.255 e. The number of pyridine rings is 1. The number of carbonyl (C=O) groups is 1. The summed E-state index contributed by atoms with van der Waals surface area (Å²) < 4.78 is 2.07. The van der Waals surface area contributed by atoms with Crippen molar-refractivity contribution in [3.63, 3.8) is 0 Å². The summed E-state index contributed by atoms with van der Waals surface area (Å²) in [6.45, 7) is 5.05. The highest BCUT2D eigenvalue weighted by molar-refractivity contribution is 6.30. The van der Waals surface area contributed by atoms with E-state index in [2.05, 4.69) is 26.7 Å². The summed E-state index contributed by atoms with van der Waals surface area (Å²) in [5.74, 6) is 1.60. The van der Waals surface area contributed by atoms with Gasteiger partial charge in [-0.05, 0) is 19.9 Å². The molecular weight excluding hydrogens is 278 g/mol. The lowest BCUT2D eigenvalue weighted by Gasteiger charge is -2.32. The molecular formula is C13H14ClN5O. The SMILES string of the molecule is Cc1nnc2n1[C@H](C)CN(C(=O)c1cncc(Cl)c1)C2. The summed E-state index contributed by atoms with van der Waals surface area (Å²) in [5, 5.41) is 8.66. The zero-order chi connectivity index (χ0) is 14.3. The fraction of sp³-hybridized carbons (Fsp3) is 0.385. The van der Waals surface area contributed by atoms with Crippen molar-refractivity contribution in [1.82, 2.24) is 24.6 Å². The largest absolute Gasteiger partial charge is 0.329 e. The van der Waals surface area contributed by atoms with E-state index in [1.54, 1.807) is 11.0 Å². The van der Waals surface area contributed by atoms with Gasteiger partial charge < -0.3 is 9.47 Å². The zero-order valence-corrected chi connectivity index (χ0v) is 12.0. The maximum absolute atomic E-state index is 12.5. The molecule has 0 aliphatic carbocycles. The molecule has 0 aromatic carbocycles. The van der Waals surface area contributed by atoms with Crippen LogP contribution in [-0.2, 0) is 6.54 Å².